The van der Waals surface area contributed by atoms with E-state index in [2.05, 4.69) is 10.1 Å². The molecule has 0 radical (unpaired) electrons. The topological polar surface area (TPSA) is 75.2 Å². The fourth-order valence-corrected chi connectivity index (χ4v) is 3.36. The summed E-state index contributed by atoms with van der Waals surface area (Å²) >= 11 is 12.7. The van der Waals surface area contributed by atoms with Gasteiger partial charge < -0.3 is 15.2 Å². The van der Waals surface area contributed by atoms with Crippen LogP contribution in [0.2, 0.25) is 10.0 Å². The lowest BCUT2D eigenvalue weighted by molar-refractivity contribution is 0.227. The maximum Gasteiger partial charge on any atom is 0.166 e. The number of halogens is 2. The number of nitrogens with two attached hydrogens (primary N) is 1. The highest BCUT2D eigenvalue weighted by Gasteiger charge is 2.20. The van der Waals surface area contributed by atoms with Gasteiger partial charge in [-0.15, -0.1) is 0 Å². The first-order valence-electron chi connectivity index (χ1n) is 7.83. The molecule has 2 N–H and O–H groups in total. The summed E-state index contributed by atoms with van der Waals surface area (Å²) in [6.07, 6.45) is 4.85. The molecule has 8 heteroatoms. The number of aromatic nitrogens is 3. The minimum atomic E-state index is -0.460. The first-order chi connectivity index (χ1) is 12.4. The van der Waals surface area contributed by atoms with Gasteiger partial charge in [-0.25, -0.2) is 4.98 Å². The van der Waals surface area contributed by atoms with Crippen molar-refractivity contribution >= 4 is 29.0 Å². The van der Waals surface area contributed by atoms with Crippen LogP contribution < -0.4 is 15.2 Å². The Kier molecular flexibility index (Phi) is 5.25. The average molecular weight is 393 g/mol. The first-order valence-corrected chi connectivity index (χ1v) is 8.59. The summed E-state index contributed by atoms with van der Waals surface area (Å²) in [5, 5.41) is 5.05. The fourth-order valence-electron chi connectivity index (χ4n) is 2.61. The molecule has 0 aliphatic carbocycles. The van der Waals surface area contributed by atoms with E-state index in [0.717, 1.165) is 11.1 Å². The van der Waals surface area contributed by atoms with Crippen molar-refractivity contribution in [3.63, 3.8) is 0 Å². The molecule has 0 bridgehead atoms. The van der Waals surface area contributed by atoms with E-state index >= 15 is 0 Å². The highest BCUT2D eigenvalue weighted by Crippen LogP contribution is 2.39. The molecule has 2 aromatic heterocycles. The Morgan fingerprint density at radius 1 is 1.15 bits per heavy atom. The normalized spacial score (nSPS) is 12.0. The van der Waals surface area contributed by atoms with Crippen molar-refractivity contribution in [3.05, 3.63) is 52.4 Å². The molecule has 1 atom stereocenters. The zero-order chi connectivity index (χ0) is 18.8. The summed E-state index contributed by atoms with van der Waals surface area (Å²) in [7, 11) is 3.39. The van der Waals surface area contributed by atoms with E-state index in [9.17, 15) is 0 Å². The molecule has 0 fully saturated rings. The number of nitrogens with zero attached hydrogens (tertiary/aromatic N) is 3. The van der Waals surface area contributed by atoms with Crippen LogP contribution in [0.4, 0.5) is 5.82 Å². The second kappa shape index (κ2) is 7.43. The predicted molar refractivity (Wildman–Crippen MR) is 103 cm³/mol. The summed E-state index contributed by atoms with van der Waals surface area (Å²) in [6.45, 7) is 1.84. The number of anilines is 1. The first kappa shape index (κ1) is 18.4. The minimum absolute atomic E-state index is 0.277. The number of hydrogen-bond donors (Lipinski definition) is 1. The van der Waals surface area contributed by atoms with Crippen LogP contribution in [-0.2, 0) is 7.05 Å². The zero-order valence-corrected chi connectivity index (χ0v) is 16.0. The van der Waals surface area contributed by atoms with E-state index in [-0.39, 0.29) is 5.82 Å². The van der Waals surface area contributed by atoms with E-state index in [1.165, 1.54) is 0 Å². The molecule has 136 valence electrons. The van der Waals surface area contributed by atoms with Gasteiger partial charge in [0.2, 0.25) is 0 Å². The van der Waals surface area contributed by atoms with Gasteiger partial charge in [-0.3, -0.25) is 4.68 Å². The number of ether oxygens (including phenoxy) is 2. The van der Waals surface area contributed by atoms with Gasteiger partial charge in [0, 0.05) is 41.2 Å². The largest absolute Gasteiger partial charge is 0.495 e. The molecule has 3 rings (SSSR count). The number of aryl methyl sites for hydroxylation is 1. The molecule has 0 spiro atoms. The molecule has 0 amide bonds. The molecule has 3 aromatic rings. The highest BCUT2D eigenvalue weighted by atomic mass is 35.5. The van der Waals surface area contributed by atoms with Crippen molar-refractivity contribution in [3.8, 4) is 22.6 Å². The van der Waals surface area contributed by atoms with E-state index in [1.807, 2.05) is 26.2 Å². The van der Waals surface area contributed by atoms with Gasteiger partial charge in [0.25, 0.3) is 0 Å². The van der Waals surface area contributed by atoms with Crippen LogP contribution >= 0.6 is 23.2 Å². The lowest BCUT2D eigenvalue weighted by Gasteiger charge is -2.20. The smallest absolute Gasteiger partial charge is 0.166 e. The number of methoxy groups -OCH3 is 1. The lowest BCUT2D eigenvalue weighted by Crippen LogP contribution is -2.08. The minimum Gasteiger partial charge on any atom is -0.495 e. The Balaban J connectivity index is 1.94. The third-order valence-corrected chi connectivity index (χ3v) is 4.66. The van der Waals surface area contributed by atoms with Crippen LogP contribution in [0.15, 0.2) is 36.8 Å². The summed E-state index contributed by atoms with van der Waals surface area (Å²) in [6, 6.07) is 5.24. The van der Waals surface area contributed by atoms with E-state index < -0.39 is 6.10 Å². The Labute approximate surface area is 161 Å². The van der Waals surface area contributed by atoms with Gasteiger partial charge in [-0.05, 0) is 25.1 Å². The second-order valence-corrected chi connectivity index (χ2v) is 6.53. The quantitative estimate of drug-likeness (QED) is 0.690. The molecule has 2 heterocycles. The molecule has 0 saturated carbocycles. The highest BCUT2D eigenvalue weighted by molar-refractivity contribution is 6.37. The van der Waals surface area contributed by atoms with Crippen LogP contribution in [0.5, 0.6) is 11.5 Å². The second-order valence-electron chi connectivity index (χ2n) is 5.75. The van der Waals surface area contributed by atoms with Crippen LogP contribution in [0.1, 0.15) is 18.6 Å². The molecular weight excluding hydrogens is 375 g/mol. The van der Waals surface area contributed by atoms with Crippen LogP contribution in [-0.4, -0.2) is 21.9 Å². The maximum atomic E-state index is 6.40. The maximum absolute atomic E-state index is 6.40. The third-order valence-electron chi connectivity index (χ3n) is 3.94. The van der Waals surface area contributed by atoms with Gasteiger partial charge in [0.1, 0.15) is 11.9 Å². The van der Waals surface area contributed by atoms with Gasteiger partial charge in [-0.2, -0.15) is 5.10 Å². The Hall–Kier alpha value is -2.44. The van der Waals surface area contributed by atoms with Crippen LogP contribution in [0, 0.1) is 0 Å². The number of pyridine rings is 1. The van der Waals surface area contributed by atoms with E-state index in [1.54, 1.807) is 36.3 Å². The van der Waals surface area contributed by atoms with Crippen LogP contribution in [0.25, 0.3) is 11.1 Å². The summed E-state index contributed by atoms with van der Waals surface area (Å²) in [5.41, 5.74) is 8.36. The Bertz CT molecular complexity index is 943. The van der Waals surface area contributed by atoms with Gasteiger partial charge in [0.05, 0.1) is 18.3 Å². The van der Waals surface area contributed by atoms with E-state index in [4.69, 9.17) is 38.4 Å². The third kappa shape index (κ3) is 3.57. The average Bonchev–Trinajstić information content (AvgIpc) is 3.03. The van der Waals surface area contributed by atoms with Gasteiger partial charge >= 0.3 is 0 Å². The molecule has 0 aliphatic rings. The van der Waals surface area contributed by atoms with Gasteiger partial charge in [0.15, 0.2) is 11.6 Å². The van der Waals surface area contributed by atoms with Crippen molar-refractivity contribution in [2.75, 3.05) is 12.8 Å². The SMILES string of the molecule is COc1ccc(Cl)c(C(C)Oc2cc(-c3cnn(C)c3)cnc2N)c1Cl. The number of rotatable bonds is 5. The molecule has 26 heavy (non-hydrogen) atoms. The Morgan fingerprint density at radius 2 is 1.92 bits per heavy atom. The van der Waals surface area contributed by atoms with Gasteiger partial charge in [-0.1, -0.05) is 23.2 Å². The van der Waals surface area contributed by atoms with Crippen molar-refractivity contribution in [1.29, 1.82) is 0 Å². The number of benzene rings is 1. The van der Waals surface area contributed by atoms with Crippen molar-refractivity contribution in [2.24, 2.45) is 7.05 Å². The number of nitrogen functional groups attached to an aromatic ring is 1. The molecule has 0 saturated heterocycles. The van der Waals surface area contributed by atoms with Crippen molar-refractivity contribution < 1.29 is 9.47 Å². The van der Waals surface area contributed by atoms with E-state index in [0.29, 0.717) is 27.1 Å². The molecule has 1 unspecified atom stereocenters. The molecular formula is C18H18Cl2N4O2. The zero-order valence-electron chi connectivity index (χ0n) is 14.5. The monoisotopic (exact) mass is 392 g/mol. The standard InChI is InChI=1S/C18H18Cl2N4O2/c1-10(16-13(19)4-5-14(25-3)17(16)20)26-15-6-11(7-22-18(15)21)12-8-23-24(2)9-12/h4-10H,1-3H3,(H2,21,22). The predicted octanol–water partition coefficient (Wildman–Crippen LogP) is 4.52. The summed E-state index contributed by atoms with van der Waals surface area (Å²) in [4.78, 5) is 4.22. The summed E-state index contributed by atoms with van der Waals surface area (Å²) < 4.78 is 13.0. The molecule has 6 nitrogen and oxygen atoms in total. The molecule has 0 aliphatic heterocycles. The molecule has 1 aromatic carbocycles. The van der Waals surface area contributed by atoms with Crippen molar-refractivity contribution in [1.82, 2.24) is 14.8 Å². The Morgan fingerprint density at radius 3 is 2.58 bits per heavy atom. The number of hydrogen-bond acceptors (Lipinski definition) is 5. The van der Waals surface area contributed by atoms with Crippen LogP contribution in [0.3, 0.4) is 0 Å². The summed E-state index contributed by atoms with van der Waals surface area (Å²) in [5.74, 6) is 1.24. The fraction of sp³-hybridized carbons (Fsp3) is 0.222. The van der Waals surface area contributed by atoms with Crippen molar-refractivity contribution in [2.45, 2.75) is 13.0 Å². The lowest BCUT2D eigenvalue weighted by atomic mass is 10.1.